The van der Waals surface area contributed by atoms with E-state index in [0.717, 1.165) is 29.1 Å². The van der Waals surface area contributed by atoms with Crippen molar-refractivity contribution in [2.75, 3.05) is 29.9 Å². The molecule has 1 aromatic carbocycles. The third-order valence-corrected chi connectivity index (χ3v) is 5.38. The number of nitrogens with zero attached hydrogens (tertiary/aromatic N) is 3. The molecule has 1 N–H and O–H groups in total. The van der Waals surface area contributed by atoms with Gasteiger partial charge in [0.25, 0.3) is 5.91 Å². The van der Waals surface area contributed by atoms with Gasteiger partial charge in [-0.25, -0.2) is 4.98 Å². The number of aromatic nitrogens is 1. The van der Waals surface area contributed by atoms with Crippen molar-refractivity contribution >= 4 is 23.4 Å². The Morgan fingerprint density at radius 3 is 2.67 bits per heavy atom. The van der Waals surface area contributed by atoms with Crippen molar-refractivity contribution in [2.45, 2.75) is 33.1 Å². The van der Waals surface area contributed by atoms with E-state index in [1.165, 1.54) is 0 Å². The van der Waals surface area contributed by atoms with Gasteiger partial charge in [-0.05, 0) is 49.4 Å². The molecule has 3 rings (SSSR count). The highest BCUT2D eigenvalue weighted by Gasteiger charge is 2.27. The summed E-state index contributed by atoms with van der Waals surface area (Å²) in [5, 5.41) is 11.7. The third-order valence-electron chi connectivity index (χ3n) is 5.38. The van der Waals surface area contributed by atoms with Gasteiger partial charge in [-0.3, -0.25) is 9.59 Å². The monoisotopic (exact) mass is 406 g/mol. The molecule has 0 radical (unpaired) electrons. The predicted octanol–water partition coefficient (Wildman–Crippen LogP) is 3.22. The molecule has 1 fully saturated rings. The molecule has 2 heterocycles. The van der Waals surface area contributed by atoms with Crippen LogP contribution in [0.4, 0.5) is 11.5 Å². The highest BCUT2D eigenvalue weighted by Crippen LogP contribution is 2.23. The van der Waals surface area contributed by atoms with E-state index >= 15 is 0 Å². The minimum atomic E-state index is -0.335. The zero-order valence-corrected chi connectivity index (χ0v) is 17.4. The first-order valence-electron chi connectivity index (χ1n) is 10.2. The second-order valence-electron chi connectivity index (χ2n) is 7.40. The normalized spacial score (nSPS) is 14.1. The highest BCUT2D eigenvalue weighted by atomic mass is 16.5. The third kappa shape index (κ3) is 5.15. The van der Waals surface area contributed by atoms with E-state index in [2.05, 4.69) is 21.3 Å². The second-order valence-corrected chi connectivity index (χ2v) is 7.40. The molecule has 1 aromatic heterocycles. The Balaban J connectivity index is 1.47. The van der Waals surface area contributed by atoms with Crippen molar-refractivity contribution in [3.05, 3.63) is 53.2 Å². The highest BCUT2D eigenvalue weighted by molar-refractivity contribution is 5.94. The number of rotatable bonds is 6. The van der Waals surface area contributed by atoms with Crippen LogP contribution in [0.3, 0.4) is 0 Å². The molecule has 0 atom stereocenters. The van der Waals surface area contributed by atoms with Crippen LogP contribution in [-0.2, 0) is 20.7 Å². The molecule has 0 aliphatic carbocycles. The number of para-hydroxylation sites is 1. The van der Waals surface area contributed by atoms with Gasteiger partial charge in [0.15, 0.2) is 6.61 Å². The smallest absolute Gasteiger partial charge is 0.309 e. The van der Waals surface area contributed by atoms with Gasteiger partial charge in [0.2, 0.25) is 0 Å². The summed E-state index contributed by atoms with van der Waals surface area (Å²) in [6, 6.07) is 11.5. The standard InChI is InChI=1S/C23H26N4O3/c1-3-18-6-4-5-16(2)22(18)26-21(28)15-30-23(29)19-9-11-27(12-10-19)20-8-7-17(13-24)14-25-20/h4-8,14,19H,3,9-12,15H2,1-2H3,(H,26,28). The molecular formula is C23H26N4O3. The zero-order valence-electron chi connectivity index (χ0n) is 17.4. The van der Waals surface area contributed by atoms with Gasteiger partial charge in [-0.1, -0.05) is 25.1 Å². The van der Waals surface area contributed by atoms with Crippen LogP contribution in [0.15, 0.2) is 36.5 Å². The Labute approximate surface area is 176 Å². The minimum Gasteiger partial charge on any atom is -0.455 e. The van der Waals surface area contributed by atoms with Crippen LogP contribution in [0.2, 0.25) is 0 Å². The van der Waals surface area contributed by atoms with Crippen molar-refractivity contribution in [1.29, 1.82) is 5.26 Å². The fourth-order valence-electron chi connectivity index (χ4n) is 3.62. The van der Waals surface area contributed by atoms with E-state index < -0.39 is 0 Å². The summed E-state index contributed by atoms with van der Waals surface area (Å²) < 4.78 is 5.28. The maximum atomic E-state index is 12.4. The van der Waals surface area contributed by atoms with E-state index in [-0.39, 0.29) is 24.4 Å². The van der Waals surface area contributed by atoms with E-state index in [4.69, 9.17) is 10.00 Å². The lowest BCUT2D eigenvalue weighted by atomic mass is 9.97. The number of benzene rings is 1. The lowest BCUT2D eigenvalue weighted by Gasteiger charge is -2.31. The molecule has 1 saturated heterocycles. The number of nitriles is 1. The Hall–Kier alpha value is -3.40. The SMILES string of the molecule is CCc1cccc(C)c1NC(=O)COC(=O)C1CCN(c2ccc(C#N)cn2)CC1. The average molecular weight is 406 g/mol. The number of carbonyl (C=O) groups is 2. The fourth-order valence-corrected chi connectivity index (χ4v) is 3.62. The molecular weight excluding hydrogens is 380 g/mol. The molecule has 0 unspecified atom stereocenters. The minimum absolute atomic E-state index is 0.225. The van der Waals surface area contributed by atoms with Crippen molar-refractivity contribution in [2.24, 2.45) is 5.92 Å². The summed E-state index contributed by atoms with van der Waals surface area (Å²) in [5.74, 6) is -0.0908. The van der Waals surface area contributed by atoms with Gasteiger partial charge in [-0.2, -0.15) is 5.26 Å². The number of nitrogens with one attached hydrogen (secondary N) is 1. The summed E-state index contributed by atoms with van der Waals surface area (Å²) in [4.78, 5) is 31.1. The first-order chi connectivity index (χ1) is 14.5. The molecule has 30 heavy (non-hydrogen) atoms. The van der Waals surface area contributed by atoms with Crippen LogP contribution in [0.25, 0.3) is 0 Å². The Bertz CT molecular complexity index is 942. The van der Waals surface area contributed by atoms with E-state index in [0.29, 0.717) is 31.5 Å². The predicted molar refractivity (Wildman–Crippen MR) is 114 cm³/mol. The quantitative estimate of drug-likeness (QED) is 0.740. The first kappa shape index (κ1) is 21.3. The van der Waals surface area contributed by atoms with E-state index in [1.807, 2.05) is 38.1 Å². The number of esters is 1. The molecule has 156 valence electrons. The molecule has 1 aliphatic rings. The van der Waals surface area contributed by atoms with Gasteiger partial charge < -0.3 is 15.0 Å². The van der Waals surface area contributed by atoms with Crippen molar-refractivity contribution < 1.29 is 14.3 Å². The molecule has 0 bridgehead atoms. The fraction of sp³-hybridized carbons (Fsp3) is 0.391. The van der Waals surface area contributed by atoms with Gasteiger partial charge >= 0.3 is 5.97 Å². The van der Waals surface area contributed by atoms with Gasteiger partial charge in [0.05, 0.1) is 11.5 Å². The Morgan fingerprint density at radius 1 is 1.27 bits per heavy atom. The van der Waals surface area contributed by atoms with Gasteiger partial charge in [0, 0.05) is 25.0 Å². The summed E-state index contributed by atoms with van der Waals surface area (Å²) in [5.41, 5.74) is 3.35. The van der Waals surface area contributed by atoms with Crippen LogP contribution < -0.4 is 10.2 Å². The van der Waals surface area contributed by atoms with Crippen LogP contribution in [0.1, 0.15) is 36.5 Å². The molecule has 7 nitrogen and oxygen atoms in total. The molecule has 1 aliphatic heterocycles. The number of ether oxygens (including phenoxy) is 1. The summed E-state index contributed by atoms with van der Waals surface area (Å²) in [6.07, 6.45) is 3.64. The number of pyridine rings is 1. The van der Waals surface area contributed by atoms with Gasteiger partial charge in [-0.15, -0.1) is 0 Å². The van der Waals surface area contributed by atoms with Crippen molar-refractivity contribution in [3.8, 4) is 6.07 Å². The molecule has 7 heteroatoms. The van der Waals surface area contributed by atoms with Crippen molar-refractivity contribution in [3.63, 3.8) is 0 Å². The number of hydrogen-bond acceptors (Lipinski definition) is 6. The topological polar surface area (TPSA) is 95.3 Å². The molecule has 2 aromatic rings. The lowest BCUT2D eigenvalue weighted by Crippen LogP contribution is -2.38. The zero-order chi connectivity index (χ0) is 21.5. The average Bonchev–Trinajstić information content (AvgIpc) is 2.79. The number of aryl methyl sites for hydroxylation is 2. The van der Waals surface area contributed by atoms with Crippen molar-refractivity contribution in [1.82, 2.24) is 4.98 Å². The lowest BCUT2D eigenvalue weighted by molar-refractivity contribution is -0.152. The molecule has 0 saturated carbocycles. The van der Waals surface area contributed by atoms with E-state index in [9.17, 15) is 9.59 Å². The summed E-state index contributed by atoms with van der Waals surface area (Å²) >= 11 is 0. The molecule has 1 amide bonds. The first-order valence-corrected chi connectivity index (χ1v) is 10.2. The van der Waals surface area contributed by atoms with Crippen LogP contribution in [0, 0.1) is 24.2 Å². The number of piperidine rings is 1. The van der Waals surface area contributed by atoms with E-state index in [1.54, 1.807) is 12.3 Å². The number of anilines is 2. The van der Waals surface area contributed by atoms with Crippen LogP contribution in [0.5, 0.6) is 0 Å². The second kappa shape index (κ2) is 9.88. The number of hydrogen-bond donors (Lipinski definition) is 1. The largest absolute Gasteiger partial charge is 0.455 e. The maximum absolute atomic E-state index is 12.4. The molecule has 0 spiro atoms. The summed E-state index contributed by atoms with van der Waals surface area (Å²) in [7, 11) is 0. The van der Waals surface area contributed by atoms with Crippen LogP contribution >= 0.6 is 0 Å². The van der Waals surface area contributed by atoms with Gasteiger partial charge in [0.1, 0.15) is 11.9 Å². The Morgan fingerprint density at radius 2 is 2.03 bits per heavy atom. The number of amides is 1. The number of carbonyl (C=O) groups excluding carboxylic acids is 2. The Kier molecular flexibility index (Phi) is 7.02. The maximum Gasteiger partial charge on any atom is 0.309 e. The van der Waals surface area contributed by atoms with Crippen LogP contribution in [-0.4, -0.2) is 36.6 Å². The summed E-state index contributed by atoms with van der Waals surface area (Å²) in [6.45, 7) is 5.04.